The molecule has 5 nitrogen and oxygen atoms in total. The molecule has 0 aromatic heterocycles. The summed E-state index contributed by atoms with van der Waals surface area (Å²) in [5.74, 6) is -0.680. The van der Waals surface area contributed by atoms with Gasteiger partial charge in [-0.25, -0.2) is 9.18 Å². The van der Waals surface area contributed by atoms with Gasteiger partial charge in [-0.3, -0.25) is 4.79 Å². The molecule has 0 saturated heterocycles. The van der Waals surface area contributed by atoms with Crippen molar-refractivity contribution in [2.75, 3.05) is 0 Å². The molecule has 0 atom stereocenters. The van der Waals surface area contributed by atoms with E-state index in [2.05, 4.69) is 26.6 Å². The Morgan fingerprint density at radius 3 is 2.39 bits per heavy atom. The summed E-state index contributed by atoms with van der Waals surface area (Å²) in [6, 6.07) is 10.6. The Hall–Kier alpha value is -2.41. The fourth-order valence-electron chi connectivity index (χ4n) is 1.92. The lowest BCUT2D eigenvalue weighted by Crippen LogP contribution is -2.28. The van der Waals surface area contributed by atoms with Gasteiger partial charge >= 0.3 is 6.03 Å². The summed E-state index contributed by atoms with van der Waals surface area (Å²) in [6.45, 7) is 0.384. The molecule has 0 fully saturated rings. The maximum absolute atomic E-state index is 13.6. The molecule has 2 rings (SSSR count). The van der Waals surface area contributed by atoms with Gasteiger partial charge in [-0.1, -0.05) is 28.1 Å². The van der Waals surface area contributed by atoms with Crippen LogP contribution >= 0.6 is 15.9 Å². The van der Waals surface area contributed by atoms with Crippen LogP contribution in [0.1, 0.15) is 21.5 Å². The van der Waals surface area contributed by atoms with E-state index in [1.165, 1.54) is 6.07 Å². The predicted octanol–water partition coefficient (Wildman–Crippen LogP) is 2.69. The maximum atomic E-state index is 13.6. The SMILES string of the molecule is NC(=O)NCc1ccc(C(=O)NCc2cc(Br)ccc2F)cc1. The molecule has 0 aliphatic heterocycles. The van der Waals surface area contributed by atoms with Crippen LogP contribution < -0.4 is 16.4 Å². The van der Waals surface area contributed by atoms with Crippen molar-refractivity contribution in [2.24, 2.45) is 5.73 Å². The van der Waals surface area contributed by atoms with E-state index in [-0.39, 0.29) is 18.3 Å². The molecule has 0 bridgehead atoms. The molecule has 0 spiro atoms. The first kappa shape index (κ1) is 17.0. The Balaban J connectivity index is 1.95. The summed E-state index contributed by atoms with van der Waals surface area (Å²) in [5, 5.41) is 5.12. The molecule has 2 aromatic rings. The first-order valence-corrected chi connectivity index (χ1v) is 7.59. The highest BCUT2D eigenvalue weighted by molar-refractivity contribution is 9.10. The van der Waals surface area contributed by atoms with Crippen LogP contribution in [0.3, 0.4) is 0 Å². The molecule has 0 aliphatic carbocycles. The van der Waals surface area contributed by atoms with E-state index in [4.69, 9.17) is 5.73 Å². The molecule has 0 saturated carbocycles. The molecule has 23 heavy (non-hydrogen) atoms. The number of halogens is 2. The van der Waals surface area contributed by atoms with E-state index < -0.39 is 6.03 Å². The molecule has 0 unspecified atom stereocenters. The fourth-order valence-corrected chi connectivity index (χ4v) is 2.33. The van der Waals surface area contributed by atoms with Crippen LogP contribution in [0.5, 0.6) is 0 Å². The standard InChI is InChI=1S/C16H15BrFN3O2/c17-13-5-6-14(18)12(7-13)9-20-15(22)11-3-1-10(2-4-11)8-21-16(19)23/h1-7H,8-9H2,(H,20,22)(H3,19,21,23). The van der Waals surface area contributed by atoms with Crippen molar-refractivity contribution in [1.29, 1.82) is 0 Å². The second-order valence-corrected chi connectivity index (χ2v) is 5.75. The van der Waals surface area contributed by atoms with Gasteiger partial charge in [-0.15, -0.1) is 0 Å². The minimum atomic E-state index is -0.608. The predicted molar refractivity (Wildman–Crippen MR) is 88.1 cm³/mol. The lowest BCUT2D eigenvalue weighted by Gasteiger charge is -2.08. The molecular formula is C16H15BrFN3O2. The highest BCUT2D eigenvalue weighted by Crippen LogP contribution is 2.15. The van der Waals surface area contributed by atoms with Gasteiger partial charge in [0.2, 0.25) is 0 Å². The summed E-state index contributed by atoms with van der Waals surface area (Å²) >= 11 is 3.26. The number of carbonyl (C=O) groups excluding carboxylic acids is 2. The quantitative estimate of drug-likeness (QED) is 0.745. The minimum Gasteiger partial charge on any atom is -0.352 e. The summed E-state index contributed by atoms with van der Waals surface area (Å²) in [6.07, 6.45) is 0. The zero-order chi connectivity index (χ0) is 16.8. The van der Waals surface area contributed by atoms with E-state index in [1.807, 2.05) is 0 Å². The van der Waals surface area contributed by atoms with Crippen LogP contribution in [-0.4, -0.2) is 11.9 Å². The Bertz CT molecular complexity index is 720. The van der Waals surface area contributed by atoms with Crippen LogP contribution in [0.15, 0.2) is 46.9 Å². The number of nitrogens with two attached hydrogens (primary N) is 1. The molecule has 0 heterocycles. The molecule has 7 heteroatoms. The summed E-state index contributed by atoms with van der Waals surface area (Å²) in [7, 11) is 0. The van der Waals surface area contributed by atoms with E-state index in [0.717, 1.165) is 10.0 Å². The van der Waals surface area contributed by atoms with Gasteiger partial charge in [0.1, 0.15) is 5.82 Å². The number of rotatable bonds is 5. The van der Waals surface area contributed by atoms with Crippen molar-refractivity contribution in [1.82, 2.24) is 10.6 Å². The smallest absolute Gasteiger partial charge is 0.312 e. The molecule has 0 aliphatic rings. The van der Waals surface area contributed by atoms with Crippen LogP contribution in [-0.2, 0) is 13.1 Å². The number of hydrogen-bond acceptors (Lipinski definition) is 2. The largest absolute Gasteiger partial charge is 0.352 e. The molecule has 3 amide bonds. The molecular weight excluding hydrogens is 365 g/mol. The van der Waals surface area contributed by atoms with E-state index in [9.17, 15) is 14.0 Å². The second-order valence-electron chi connectivity index (χ2n) is 4.83. The van der Waals surface area contributed by atoms with E-state index in [0.29, 0.717) is 17.7 Å². The van der Waals surface area contributed by atoms with Crippen molar-refractivity contribution in [2.45, 2.75) is 13.1 Å². The second kappa shape index (κ2) is 7.73. The number of carbonyl (C=O) groups is 2. The Kier molecular flexibility index (Phi) is 5.70. The van der Waals surface area contributed by atoms with Gasteiger partial charge in [0, 0.05) is 28.7 Å². The van der Waals surface area contributed by atoms with Gasteiger partial charge in [0.05, 0.1) is 0 Å². The van der Waals surface area contributed by atoms with Gasteiger partial charge < -0.3 is 16.4 Å². The van der Waals surface area contributed by atoms with Crippen molar-refractivity contribution in [3.05, 3.63) is 69.4 Å². The van der Waals surface area contributed by atoms with E-state index in [1.54, 1.807) is 36.4 Å². The zero-order valence-electron chi connectivity index (χ0n) is 12.1. The first-order valence-electron chi connectivity index (χ1n) is 6.80. The van der Waals surface area contributed by atoms with Crippen molar-refractivity contribution >= 4 is 27.9 Å². The Morgan fingerprint density at radius 1 is 1.04 bits per heavy atom. The summed E-state index contributed by atoms with van der Waals surface area (Å²) < 4.78 is 14.4. The number of amides is 3. The zero-order valence-corrected chi connectivity index (χ0v) is 13.7. The average Bonchev–Trinajstić information content (AvgIpc) is 2.54. The normalized spacial score (nSPS) is 10.2. The maximum Gasteiger partial charge on any atom is 0.312 e. The molecule has 4 N–H and O–H groups in total. The number of hydrogen-bond donors (Lipinski definition) is 3. The van der Waals surface area contributed by atoms with Crippen LogP contribution in [0.4, 0.5) is 9.18 Å². The first-order chi connectivity index (χ1) is 11.0. The van der Waals surface area contributed by atoms with Crippen molar-refractivity contribution in [3.8, 4) is 0 Å². The van der Waals surface area contributed by atoms with Gasteiger partial charge in [0.15, 0.2) is 0 Å². The highest BCUT2D eigenvalue weighted by Gasteiger charge is 2.08. The monoisotopic (exact) mass is 379 g/mol. The minimum absolute atomic E-state index is 0.0924. The lowest BCUT2D eigenvalue weighted by atomic mass is 10.1. The Morgan fingerprint density at radius 2 is 1.74 bits per heavy atom. The van der Waals surface area contributed by atoms with Crippen LogP contribution in [0.25, 0.3) is 0 Å². The van der Waals surface area contributed by atoms with Crippen molar-refractivity contribution < 1.29 is 14.0 Å². The number of nitrogens with one attached hydrogen (secondary N) is 2. The van der Waals surface area contributed by atoms with Crippen molar-refractivity contribution in [3.63, 3.8) is 0 Å². The van der Waals surface area contributed by atoms with Gasteiger partial charge in [-0.2, -0.15) is 0 Å². The lowest BCUT2D eigenvalue weighted by molar-refractivity contribution is 0.0950. The highest BCUT2D eigenvalue weighted by atomic mass is 79.9. The van der Waals surface area contributed by atoms with Gasteiger partial charge in [-0.05, 0) is 35.9 Å². The summed E-state index contributed by atoms with van der Waals surface area (Å²) in [4.78, 5) is 22.7. The van der Waals surface area contributed by atoms with Crippen LogP contribution in [0, 0.1) is 5.82 Å². The number of primary amides is 1. The topological polar surface area (TPSA) is 84.2 Å². The molecule has 0 radical (unpaired) electrons. The third kappa shape index (κ3) is 5.07. The van der Waals surface area contributed by atoms with Gasteiger partial charge in [0.25, 0.3) is 5.91 Å². The third-order valence-electron chi connectivity index (χ3n) is 3.13. The third-order valence-corrected chi connectivity index (χ3v) is 3.62. The van der Waals surface area contributed by atoms with Crippen LogP contribution in [0.2, 0.25) is 0 Å². The molecule has 120 valence electrons. The average molecular weight is 380 g/mol. The number of benzene rings is 2. The fraction of sp³-hybridized carbons (Fsp3) is 0.125. The number of urea groups is 1. The molecule has 2 aromatic carbocycles. The Labute approximate surface area is 141 Å². The van der Waals surface area contributed by atoms with E-state index >= 15 is 0 Å². The summed E-state index contributed by atoms with van der Waals surface area (Å²) in [5.41, 5.74) is 6.65.